The normalized spacial score (nSPS) is 9.52. The van der Waals surface area contributed by atoms with E-state index in [1.54, 1.807) is 0 Å². The average molecular weight is 439 g/mol. The Morgan fingerprint density at radius 1 is 0.778 bits per heavy atom. The van der Waals surface area contributed by atoms with E-state index >= 15 is 0 Å². The van der Waals surface area contributed by atoms with Crippen LogP contribution < -0.4 is 9.41 Å². The van der Waals surface area contributed by atoms with E-state index in [9.17, 15) is 0 Å². The molecular formula is C23H19F2NZr. The third kappa shape index (κ3) is 4.90. The van der Waals surface area contributed by atoms with Crippen molar-refractivity contribution in [1.29, 1.82) is 0 Å². The van der Waals surface area contributed by atoms with Gasteiger partial charge in [0.2, 0.25) is 0 Å². The van der Waals surface area contributed by atoms with Crippen LogP contribution in [0.4, 0.5) is 0 Å². The van der Waals surface area contributed by atoms with Crippen molar-refractivity contribution < 1.29 is 35.6 Å². The first kappa shape index (κ1) is 22.7. The van der Waals surface area contributed by atoms with Gasteiger partial charge in [-0.2, -0.15) is 17.7 Å². The van der Waals surface area contributed by atoms with Crippen LogP contribution in [0, 0.1) is 6.92 Å². The maximum Gasteiger partial charge on any atom is 4.00 e. The van der Waals surface area contributed by atoms with E-state index in [2.05, 4.69) is 96.6 Å². The van der Waals surface area contributed by atoms with E-state index in [0.717, 1.165) is 0 Å². The minimum Gasteiger partial charge on any atom is -1.00 e. The largest absolute Gasteiger partial charge is 4.00 e. The smallest absolute Gasteiger partial charge is 1.00 e. The maximum absolute atomic E-state index is 2.25. The Hall–Kier alpha value is -2.32. The Labute approximate surface area is 176 Å². The molecule has 0 aliphatic heterocycles. The second kappa shape index (κ2) is 10.1. The third-order valence-corrected chi connectivity index (χ3v) is 4.31. The monoisotopic (exact) mass is 437 g/mol. The van der Waals surface area contributed by atoms with E-state index in [4.69, 9.17) is 0 Å². The topological polar surface area (TPSA) is 4.93 Å². The van der Waals surface area contributed by atoms with E-state index in [1.807, 2.05) is 12.1 Å². The fourth-order valence-electron chi connectivity index (χ4n) is 3.05. The summed E-state index contributed by atoms with van der Waals surface area (Å²) in [4.78, 5) is 0. The molecule has 0 bridgehead atoms. The SMILES string of the molecule is C[c-]1cccc1.[F-].[F-].[Zr+4].c1ccc2[cH-]c(-n3ccc4ccccc43)cc2c1. The predicted molar refractivity (Wildman–Crippen MR) is 103 cm³/mol. The summed E-state index contributed by atoms with van der Waals surface area (Å²) in [5, 5.41) is 3.87. The quantitative estimate of drug-likeness (QED) is 0.330. The number of halogens is 2. The summed E-state index contributed by atoms with van der Waals surface area (Å²) in [6, 6.07) is 31.8. The van der Waals surface area contributed by atoms with Gasteiger partial charge in [-0.25, -0.2) is 12.1 Å². The fourth-order valence-corrected chi connectivity index (χ4v) is 3.05. The third-order valence-electron chi connectivity index (χ3n) is 4.31. The first-order chi connectivity index (χ1) is 11.8. The molecule has 5 rings (SSSR count). The summed E-state index contributed by atoms with van der Waals surface area (Å²) in [5.74, 6) is 0. The maximum atomic E-state index is 2.25. The first-order valence-electron chi connectivity index (χ1n) is 8.21. The van der Waals surface area contributed by atoms with Crippen LogP contribution in [-0.4, -0.2) is 4.57 Å². The first-order valence-corrected chi connectivity index (χ1v) is 8.21. The van der Waals surface area contributed by atoms with Crippen molar-refractivity contribution in [3.8, 4) is 5.69 Å². The van der Waals surface area contributed by atoms with E-state index in [-0.39, 0.29) is 35.6 Å². The molecule has 1 heterocycles. The van der Waals surface area contributed by atoms with Gasteiger partial charge in [0.25, 0.3) is 0 Å². The van der Waals surface area contributed by atoms with Crippen LogP contribution in [0.3, 0.4) is 0 Å². The number of hydrogen-bond acceptors (Lipinski definition) is 0. The summed E-state index contributed by atoms with van der Waals surface area (Å²) < 4.78 is 2.25. The van der Waals surface area contributed by atoms with Gasteiger partial charge >= 0.3 is 26.2 Å². The van der Waals surface area contributed by atoms with Gasteiger partial charge in [0.05, 0.1) is 5.52 Å². The molecule has 4 aromatic carbocycles. The van der Waals surface area contributed by atoms with Crippen LogP contribution in [0.15, 0.2) is 97.2 Å². The standard InChI is InChI=1S/C17H12N.C6H7.2FH.Zr/c1-2-7-15-12-16(11-14(15)6-1)18-10-9-13-5-3-4-8-17(13)18;1-6-4-2-3-5-6;;;/h1-12H;2-5H,1H3;2*1H;/q2*-1;;;+4/p-2. The van der Waals surface area contributed by atoms with Crippen LogP contribution >= 0.6 is 0 Å². The van der Waals surface area contributed by atoms with Gasteiger partial charge in [-0.1, -0.05) is 31.2 Å². The molecule has 5 aromatic rings. The van der Waals surface area contributed by atoms with Crippen molar-refractivity contribution in [2.24, 2.45) is 0 Å². The van der Waals surface area contributed by atoms with Crippen molar-refractivity contribution in [2.45, 2.75) is 6.92 Å². The van der Waals surface area contributed by atoms with Crippen molar-refractivity contribution >= 4 is 21.7 Å². The molecule has 27 heavy (non-hydrogen) atoms. The van der Waals surface area contributed by atoms with E-state index in [0.29, 0.717) is 0 Å². The van der Waals surface area contributed by atoms with Crippen molar-refractivity contribution in [2.75, 3.05) is 0 Å². The molecule has 0 amide bonds. The van der Waals surface area contributed by atoms with E-state index in [1.165, 1.54) is 32.9 Å². The molecule has 0 radical (unpaired) electrons. The van der Waals surface area contributed by atoms with Gasteiger partial charge in [-0.3, -0.25) is 0 Å². The van der Waals surface area contributed by atoms with Gasteiger partial charge in [0.15, 0.2) is 0 Å². The van der Waals surface area contributed by atoms with Gasteiger partial charge < -0.3 is 14.0 Å². The molecule has 0 aliphatic carbocycles. The van der Waals surface area contributed by atoms with Crippen LogP contribution in [-0.2, 0) is 26.2 Å². The molecule has 0 saturated heterocycles. The summed E-state index contributed by atoms with van der Waals surface area (Å²) in [6.45, 7) is 2.08. The molecule has 0 N–H and O–H groups in total. The molecule has 0 atom stereocenters. The minimum atomic E-state index is 0. The van der Waals surface area contributed by atoms with Gasteiger partial charge in [0, 0.05) is 6.20 Å². The minimum absolute atomic E-state index is 0. The Balaban J connectivity index is 0.000000354. The molecule has 134 valence electrons. The Kier molecular flexibility index (Phi) is 8.53. The van der Waals surface area contributed by atoms with Crippen molar-refractivity contribution in [3.05, 3.63) is 103 Å². The molecule has 4 heteroatoms. The number of fused-ring (bicyclic) bond motifs is 2. The molecule has 0 spiro atoms. The van der Waals surface area contributed by atoms with Crippen molar-refractivity contribution in [1.82, 2.24) is 4.57 Å². The molecule has 0 fully saturated rings. The second-order valence-electron chi connectivity index (χ2n) is 6.05. The van der Waals surface area contributed by atoms with E-state index < -0.39 is 0 Å². The number of aromatic nitrogens is 1. The molecule has 0 aliphatic rings. The summed E-state index contributed by atoms with van der Waals surface area (Å²) >= 11 is 0. The Morgan fingerprint density at radius 2 is 1.41 bits per heavy atom. The number of benzene rings is 2. The number of hydrogen-bond donors (Lipinski definition) is 0. The van der Waals surface area contributed by atoms with Gasteiger partial charge in [-0.05, 0) is 23.2 Å². The number of nitrogens with zero attached hydrogens (tertiary/aromatic N) is 1. The zero-order valence-corrected chi connectivity index (χ0v) is 17.4. The predicted octanol–water partition coefficient (Wildman–Crippen LogP) is 0.222. The molecule has 1 aromatic heterocycles. The van der Waals surface area contributed by atoms with Crippen LogP contribution in [0.1, 0.15) is 5.56 Å². The van der Waals surface area contributed by atoms with Gasteiger partial charge in [0.1, 0.15) is 0 Å². The Morgan fingerprint density at radius 3 is 2.04 bits per heavy atom. The zero-order valence-electron chi connectivity index (χ0n) is 14.9. The molecule has 0 saturated carbocycles. The molecular weight excluding hydrogens is 419 g/mol. The molecule has 1 nitrogen and oxygen atoms in total. The second-order valence-corrected chi connectivity index (χ2v) is 6.05. The van der Waals surface area contributed by atoms with Crippen LogP contribution in [0.5, 0.6) is 0 Å². The fraction of sp³-hybridized carbons (Fsp3) is 0.0435. The van der Waals surface area contributed by atoms with Crippen LogP contribution in [0.2, 0.25) is 0 Å². The zero-order chi connectivity index (χ0) is 16.4. The number of para-hydroxylation sites is 1. The summed E-state index contributed by atoms with van der Waals surface area (Å²) in [6.07, 6.45) is 2.14. The van der Waals surface area contributed by atoms with Crippen LogP contribution in [0.25, 0.3) is 27.4 Å². The Bertz CT molecular complexity index is 1040. The summed E-state index contributed by atoms with van der Waals surface area (Å²) in [5.41, 5.74) is 3.83. The average Bonchev–Trinajstić information content (AvgIpc) is 3.33. The molecule has 0 unspecified atom stereocenters. The van der Waals surface area contributed by atoms with Crippen molar-refractivity contribution in [3.63, 3.8) is 0 Å². The number of rotatable bonds is 1. The number of aryl methyl sites for hydroxylation is 1. The summed E-state index contributed by atoms with van der Waals surface area (Å²) in [7, 11) is 0. The van der Waals surface area contributed by atoms with Gasteiger partial charge in [-0.15, -0.1) is 41.1 Å².